The molecule has 0 aliphatic rings. The van der Waals surface area contributed by atoms with Crippen LogP contribution >= 0.6 is 34.5 Å². The molecular weight excluding hydrogens is 305 g/mol. The van der Waals surface area contributed by atoms with E-state index in [1.807, 2.05) is 19.2 Å². The van der Waals surface area contributed by atoms with Crippen LogP contribution in [-0.4, -0.2) is 15.9 Å². The van der Waals surface area contributed by atoms with Gasteiger partial charge in [-0.1, -0.05) is 37.0 Å². The number of nitrogens with zero attached hydrogens (tertiary/aromatic N) is 2. The number of carbonyl (C=O) groups excluding carboxylic acids is 1. The summed E-state index contributed by atoms with van der Waals surface area (Å²) in [4.78, 5) is 20.1. The lowest BCUT2D eigenvalue weighted by molar-refractivity contribution is 0.102. The maximum absolute atomic E-state index is 12.0. The van der Waals surface area contributed by atoms with Gasteiger partial charge in [0.1, 0.15) is 10.3 Å². The molecule has 4 nitrogen and oxygen atoms in total. The van der Waals surface area contributed by atoms with E-state index in [9.17, 15) is 4.79 Å². The summed E-state index contributed by atoms with van der Waals surface area (Å²) in [6, 6.07) is 2.92. The fourth-order valence-corrected chi connectivity index (χ4v) is 2.70. The van der Waals surface area contributed by atoms with Crippen molar-refractivity contribution in [2.75, 3.05) is 5.32 Å². The van der Waals surface area contributed by atoms with Gasteiger partial charge in [-0.25, -0.2) is 9.97 Å². The monoisotopic (exact) mass is 315 g/mol. The van der Waals surface area contributed by atoms with Crippen LogP contribution in [0.3, 0.4) is 0 Å². The fourth-order valence-electron chi connectivity index (χ4n) is 1.37. The Balaban J connectivity index is 2.15. The van der Waals surface area contributed by atoms with Gasteiger partial charge < -0.3 is 0 Å². The number of thiazole rings is 1. The molecule has 2 aromatic heterocycles. The Kier molecular flexibility index (Phi) is 4.39. The molecule has 0 saturated heterocycles. The predicted octanol–water partition coefficient (Wildman–Crippen LogP) is 4.22. The number of rotatable bonds is 3. The van der Waals surface area contributed by atoms with Crippen LogP contribution in [0.1, 0.15) is 35.8 Å². The third kappa shape index (κ3) is 3.65. The maximum atomic E-state index is 12.0. The summed E-state index contributed by atoms with van der Waals surface area (Å²) in [5, 5.41) is 5.55. The molecular formula is C12H11Cl2N3OS. The summed E-state index contributed by atoms with van der Waals surface area (Å²) in [5.74, 6) is 0.0163. The minimum absolute atomic E-state index is 0.180. The Hall–Kier alpha value is -1.17. The second-order valence-electron chi connectivity index (χ2n) is 4.19. The van der Waals surface area contributed by atoms with Crippen molar-refractivity contribution in [3.05, 3.63) is 39.1 Å². The molecule has 0 unspecified atom stereocenters. The van der Waals surface area contributed by atoms with Gasteiger partial charge in [-0.2, -0.15) is 0 Å². The number of aromatic nitrogens is 2. The highest BCUT2D eigenvalue weighted by atomic mass is 35.5. The Labute approximate surface area is 124 Å². The summed E-state index contributed by atoms with van der Waals surface area (Å²) in [5.41, 5.74) is 1.30. The molecule has 0 aliphatic carbocycles. The van der Waals surface area contributed by atoms with Crippen LogP contribution < -0.4 is 5.32 Å². The van der Waals surface area contributed by atoms with Gasteiger partial charge in [0, 0.05) is 10.9 Å². The van der Waals surface area contributed by atoms with Crippen LogP contribution in [-0.2, 0) is 0 Å². The minimum Gasteiger partial charge on any atom is -0.298 e. The van der Waals surface area contributed by atoms with Crippen LogP contribution in [0.4, 0.5) is 5.13 Å². The largest absolute Gasteiger partial charge is 0.298 e. The quantitative estimate of drug-likeness (QED) is 0.863. The molecule has 0 fully saturated rings. The van der Waals surface area contributed by atoms with Gasteiger partial charge in [0.15, 0.2) is 5.13 Å². The van der Waals surface area contributed by atoms with Gasteiger partial charge in [0.25, 0.3) is 5.91 Å². The van der Waals surface area contributed by atoms with E-state index in [4.69, 9.17) is 23.2 Å². The number of amides is 1. The van der Waals surface area contributed by atoms with E-state index >= 15 is 0 Å². The van der Waals surface area contributed by atoms with Gasteiger partial charge in [0.2, 0.25) is 0 Å². The first-order chi connectivity index (χ1) is 8.95. The van der Waals surface area contributed by atoms with Crippen molar-refractivity contribution in [1.29, 1.82) is 0 Å². The molecule has 0 spiro atoms. The summed E-state index contributed by atoms with van der Waals surface area (Å²) in [6.45, 7) is 4.09. The van der Waals surface area contributed by atoms with E-state index in [0.717, 1.165) is 5.69 Å². The normalized spacial score (nSPS) is 10.8. The molecule has 0 bridgehead atoms. The van der Waals surface area contributed by atoms with Gasteiger partial charge in [0.05, 0.1) is 5.69 Å². The number of pyridine rings is 1. The van der Waals surface area contributed by atoms with Crippen molar-refractivity contribution in [3.8, 4) is 0 Å². The van der Waals surface area contributed by atoms with Crippen molar-refractivity contribution in [1.82, 2.24) is 9.97 Å². The molecule has 0 radical (unpaired) electrons. The molecule has 2 aromatic rings. The Morgan fingerprint density at radius 1 is 1.26 bits per heavy atom. The molecule has 2 rings (SSSR count). The van der Waals surface area contributed by atoms with E-state index in [-0.39, 0.29) is 16.2 Å². The van der Waals surface area contributed by atoms with Crippen molar-refractivity contribution in [2.45, 2.75) is 19.8 Å². The smallest absolute Gasteiger partial charge is 0.257 e. The van der Waals surface area contributed by atoms with E-state index < -0.39 is 0 Å². The van der Waals surface area contributed by atoms with Gasteiger partial charge in [-0.3, -0.25) is 10.1 Å². The van der Waals surface area contributed by atoms with Crippen LogP contribution in [0.25, 0.3) is 0 Å². The zero-order valence-electron chi connectivity index (χ0n) is 10.3. The molecule has 2 heterocycles. The highest BCUT2D eigenvalue weighted by Crippen LogP contribution is 2.22. The van der Waals surface area contributed by atoms with E-state index in [0.29, 0.717) is 16.6 Å². The first kappa shape index (κ1) is 14.2. The average molecular weight is 316 g/mol. The molecule has 7 heteroatoms. The second kappa shape index (κ2) is 5.86. The van der Waals surface area contributed by atoms with Crippen LogP contribution in [0.15, 0.2) is 17.5 Å². The topological polar surface area (TPSA) is 54.9 Å². The zero-order valence-corrected chi connectivity index (χ0v) is 12.6. The van der Waals surface area contributed by atoms with Crippen molar-refractivity contribution < 1.29 is 4.79 Å². The number of hydrogen-bond donors (Lipinski definition) is 1. The molecule has 19 heavy (non-hydrogen) atoms. The zero-order chi connectivity index (χ0) is 14.0. The maximum Gasteiger partial charge on any atom is 0.257 e. The second-order valence-corrected chi connectivity index (χ2v) is 5.82. The van der Waals surface area contributed by atoms with E-state index in [1.165, 1.54) is 23.5 Å². The third-order valence-corrected chi connectivity index (χ3v) is 3.52. The molecule has 0 aliphatic heterocycles. The lowest BCUT2D eigenvalue weighted by Crippen LogP contribution is -2.12. The molecule has 0 aromatic carbocycles. The Bertz CT molecular complexity index is 593. The van der Waals surface area contributed by atoms with Gasteiger partial charge in [-0.05, 0) is 18.1 Å². The summed E-state index contributed by atoms with van der Waals surface area (Å²) in [6.07, 6.45) is 0. The van der Waals surface area contributed by atoms with Crippen molar-refractivity contribution in [3.63, 3.8) is 0 Å². The van der Waals surface area contributed by atoms with Crippen LogP contribution in [0, 0.1) is 0 Å². The number of carbonyl (C=O) groups is 1. The number of anilines is 1. The third-order valence-electron chi connectivity index (χ3n) is 2.36. The van der Waals surface area contributed by atoms with Crippen molar-refractivity contribution >= 4 is 45.6 Å². The van der Waals surface area contributed by atoms with Crippen LogP contribution in [0.5, 0.6) is 0 Å². The van der Waals surface area contributed by atoms with E-state index in [2.05, 4.69) is 15.3 Å². The minimum atomic E-state index is -0.309. The highest BCUT2D eigenvalue weighted by Gasteiger charge is 2.12. The average Bonchev–Trinajstić information content (AvgIpc) is 2.76. The summed E-state index contributed by atoms with van der Waals surface area (Å²) in [7, 11) is 0. The fraction of sp³-hybridized carbons (Fsp3) is 0.250. The van der Waals surface area contributed by atoms with Crippen LogP contribution in [0.2, 0.25) is 10.3 Å². The number of nitrogens with one attached hydrogen (secondary N) is 1. The first-order valence-electron chi connectivity index (χ1n) is 5.55. The number of halogens is 2. The van der Waals surface area contributed by atoms with Crippen molar-refractivity contribution in [2.24, 2.45) is 0 Å². The summed E-state index contributed by atoms with van der Waals surface area (Å²) >= 11 is 12.9. The van der Waals surface area contributed by atoms with Gasteiger partial charge >= 0.3 is 0 Å². The SMILES string of the molecule is CC(C)c1csc(NC(=O)c2cc(Cl)nc(Cl)c2)n1. The Morgan fingerprint density at radius 3 is 2.42 bits per heavy atom. The first-order valence-corrected chi connectivity index (χ1v) is 7.19. The Morgan fingerprint density at radius 2 is 1.89 bits per heavy atom. The molecule has 1 N–H and O–H groups in total. The highest BCUT2D eigenvalue weighted by molar-refractivity contribution is 7.14. The standard InChI is InChI=1S/C12H11Cl2N3OS/c1-6(2)8-5-19-12(15-8)17-11(18)7-3-9(13)16-10(14)4-7/h3-6H,1-2H3,(H,15,17,18). The lowest BCUT2D eigenvalue weighted by Gasteiger charge is -2.03. The predicted molar refractivity (Wildman–Crippen MR) is 78.4 cm³/mol. The molecule has 0 atom stereocenters. The number of hydrogen-bond acceptors (Lipinski definition) is 4. The van der Waals surface area contributed by atoms with Gasteiger partial charge in [-0.15, -0.1) is 11.3 Å². The molecule has 1 amide bonds. The van der Waals surface area contributed by atoms with E-state index in [1.54, 1.807) is 0 Å². The molecule has 0 saturated carbocycles. The lowest BCUT2D eigenvalue weighted by atomic mass is 10.2. The summed E-state index contributed by atoms with van der Waals surface area (Å²) < 4.78 is 0. The molecule has 100 valence electrons.